The Morgan fingerprint density at radius 2 is 2.07 bits per heavy atom. The van der Waals surface area contributed by atoms with Crippen LogP contribution in [0.25, 0.3) is 11.0 Å². The number of pyridine rings is 1. The van der Waals surface area contributed by atoms with Crippen LogP contribution < -0.4 is 21.2 Å². The number of H-pyrrole nitrogens is 1. The summed E-state index contributed by atoms with van der Waals surface area (Å²) in [7, 11) is 0. The summed E-state index contributed by atoms with van der Waals surface area (Å²) in [5.74, 6) is 0.174. The van der Waals surface area contributed by atoms with E-state index >= 15 is 0 Å². The Balaban J connectivity index is 1.85. The molecule has 0 radical (unpaired) electrons. The van der Waals surface area contributed by atoms with Crippen LogP contribution in [0, 0.1) is 0 Å². The largest absolute Gasteiger partial charge is 0.478 e. The number of amides is 1. The number of carbonyl (C=O) groups is 1. The Kier molecular flexibility index (Phi) is 5.35. The number of carbonyl (C=O) groups excluding carboxylic acids is 1. The van der Waals surface area contributed by atoms with Crippen LogP contribution >= 0.6 is 0 Å². The molecule has 2 N–H and O–H groups in total. The molecule has 1 amide bonds. The van der Waals surface area contributed by atoms with E-state index in [0.717, 1.165) is 5.56 Å². The fourth-order valence-corrected chi connectivity index (χ4v) is 2.84. The van der Waals surface area contributed by atoms with E-state index in [0.29, 0.717) is 35.6 Å². The van der Waals surface area contributed by atoms with Crippen molar-refractivity contribution in [1.29, 1.82) is 0 Å². The second kappa shape index (κ2) is 7.86. The maximum atomic E-state index is 12.5. The maximum absolute atomic E-state index is 12.5. The zero-order chi connectivity index (χ0) is 19.4. The molecule has 140 valence electrons. The second-order valence-corrected chi connectivity index (χ2v) is 5.82. The quantitative estimate of drug-likeness (QED) is 0.640. The number of aryl methyl sites for hydroxylation is 1. The van der Waals surface area contributed by atoms with Crippen molar-refractivity contribution >= 4 is 16.9 Å². The van der Waals surface area contributed by atoms with Gasteiger partial charge in [-0.3, -0.25) is 14.4 Å². The van der Waals surface area contributed by atoms with Crippen LogP contribution in [0.15, 0.2) is 46.1 Å². The molecule has 3 aromatic rings. The van der Waals surface area contributed by atoms with Gasteiger partial charge in [0.1, 0.15) is 0 Å². The minimum absolute atomic E-state index is 0.255. The smallest absolute Gasteiger partial charge is 0.316 e. The van der Waals surface area contributed by atoms with Gasteiger partial charge in [0.25, 0.3) is 5.91 Å². The molecule has 2 aromatic heterocycles. The van der Waals surface area contributed by atoms with Gasteiger partial charge in [-0.2, -0.15) is 0 Å². The number of aromatic amines is 1. The first-order chi connectivity index (χ1) is 13.0. The molecule has 3 rings (SSSR count). The molecule has 0 unspecified atom stereocenters. The van der Waals surface area contributed by atoms with Gasteiger partial charge in [0.05, 0.1) is 17.6 Å². The lowest BCUT2D eigenvalue weighted by Crippen LogP contribution is -2.36. The Hall–Kier alpha value is -3.42. The molecule has 1 aromatic carbocycles. The lowest BCUT2D eigenvalue weighted by atomic mass is 10.1. The highest BCUT2D eigenvalue weighted by Gasteiger charge is 2.12. The van der Waals surface area contributed by atoms with Crippen LogP contribution in [-0.4, -0.2) is 27.0 Å². The standard InChI is InChI=1S/C19H20N4O4/c1-3-23-15-8-7-12(10-14(15)22-17(25)19(23)26)16(24)21-11-13-6-5-9-20-18(13)27-4-2/h5-10H,3-4,11H2,1-2H3,(H,21,24)(H,22,25). The van der Waals surface area contributed by atoms with Gasteiger partial charge in [-0.05, 0) is 38.1 Å². The third-order valence-corrected chi connectivity index (χ3v) is 4.12. The average Bonchev–Trinajstić information content (AvgIpc) is 2.68. The molecule has 0 atom stereocenters. The minimum Gasteiger partial charge on any atom is -0.478 e. The van der Waals surface area contributed by atoms with Crippen molar-refractivity contribution in [2.45, 2.75) is 26.9 Å². The topological polar surface area (TPSA) is 106 Å². The van der Waals surface area contributed by atoms with Crippen molar-refractivity contribution < 1.29 is 9.53 Å². The summed E-state index contributed by atoms with van der Waals surface area (Å²) in [4.78, 5) is 42.9. The van der Waals surface area contributed by atoms with Crippen molar-refractivity contribution in [2.75, 3.05) is 6.61 Å². The molecule has 2 heterocycles. The van der Waals surface area contributed by atoms with Gasteiger partial charge in [0.15, 0.2) is 0 Å². The van der Waals surface area contributed by atoms with Crippen molar-refractivity contribution in [1.82, 2.24) is 19.9 Å². The number of aromatic nitrogens is 3. The predicted octanol–water partition coefficient (Wildman–Crippen LogP) is 1.43. The number of fused-ring (bicyclic) bond motifs is 1. The molecule has 8 nitrogen and oxygen atoms in total. The van der Waals surface area contributed by atoms with Crippen LogP contribution in [-0.2, 0) is 13.1 Å². The van der Waals surface area contributed by atoms with Crippen molar-refractivity contribution in [3.63, 3.8) is 0 Å². The number of hydrogen-bond acceptors (Lipinski definition) is 5. The van der Waals surface area contributed by atoms with Gasteiger partial charge in [-0.25, -0.2) is 4.98 Å². The van der Waals surface area contributed by atoms with E-state index in [-0.39, 0.29) is 12.5 Å². The highest BCUT2D eigenvalue weighted by Crippen LogP contribution is 2.15. The summed E-state index contributed by atoms with van der Waals surface area (Å²) in [5.41, 5.74) is 0.832. The molecule has 8 heteroatoms. The Morgan fingerprint density at radius 1 is 1.26 bits per heavy atom. The van der Waals surface area contributed by atoms with Crippen LogP contribution in [0.3, 0.4) is 0 Å². The SMILES string of the molecule is CCOc1ncccc1CNC(=O)c1ccc2c(c1)[nH]c(=O)c(=O)n2CC. The number of nitrogens with one attached hydrogen (secondary N) is 2. The number of ether oxygens (including phenoxy) is 1. The monoisotopic (exact) mass is 368 g/mol. The summed E-state index contributed by atoms with van der Waals surface area (Å²) < 4.78 is 6.82. The van der Waals surface area contributed by atoms with Gasteiger partial charge in [-0.15, -0.1) is 0 Å². The Labute approximate surface area is 154 Å². The molecule has 0 bridgehead atoms. The van der Waals surface area contributed by atoms with E-state index in [2.05, 4.69) is 15.3 Å². The Bertz CT molecular complexity index is 1100. The molecule has 0 aliphatic rings. The Morgan fingerprint density at radius 3 is 2.81 bits per heavy atom. The first-order valence-corrected chi connectivity index (χ1v) is 8.67. The predicted molar refractivity (Wildman–Crippen MR) is 101 cm³/mol. The molecule has 0 spiro atoms. The summed E-state index contributed by atoms with van der Waals surface area (Å²) in [6, 6.07) is 8.43. The van der Waals surface area contributed by atoms with Crippen molar-refractivity contribution in [3.05, 3.63) is 68.4 Å². The molecular formula is C19H20N4O4. The first kappa shape index (κ1) is 18.4. The average molecular weight is 368 g/mol. The molecule has 27 heavy (non-hydrogen) atoms. The van der Waals surface area contributed by atoms with Gasteiger partial charge in [0.2, 0.25) is 5.88 Å². The van der Waals surface area contributed by atoms with E-state index in [1.54, 1.807) is 37.4 Å². The highest BCUT2D eigenvalue weighted by molar-refractivity contribution is 5.97. The maximum Gasteiger partial charge on any atom is 0.316 e. The first-order valence-electron chi connectivity index (χ1n) is 8.67. The molecule has 0 aliphatic carbocycles. The third-order valence-electron chi connectivity index (χ3n) is 4.12. The van der Waals surface area contributed by atoms with Gasteiger partial charge >= 0.3 is 11.1 Å². The van der Waals surface area contributed by atoms with Crippen LogP contribution in [0.2, 0.25) is 0 Å². The normalized spacial score (nSPS) is 10.7. The minimum atomic E-state index is -0.710. The van der Waals surface area contributed by atoms with E-state index in [1.165, 1.54) is 4.57 Å². The van der Waals surface area contributed by atoms with E-state index in [4.69, 9.17) is 4.74 Å². The summed E-state index contributed by atoms with van der Waals surface area (Å²) in [6.07, 6.45) is 1.63. The van der Waals surface area contributed by atoms with Gasteiger partial charge in [0, 0.05) is 30.4 Å². The molecule has 0 fully saturated rings. The summed E-state index contributed by atoms with van der Waals surface area (Å²) in [6.45, 7) is 4.75. The van der Waals surface area contributed by atoms with Crippen LogP contribution in [0.5, 0.6) is 5.88 Å². The third kappa shape index (κ3) is 3.74. The number of nitrogens with zero attached hydrogens (tertiary/aromatic N) is 2. The zero-order valence-electron chi connectivity index (χ0n) is 15.1. The van der Waals surface area contributed by atoms with Crippen molar-refractivity contribution in [3.8, 4) is 5.88 Å². The van der Waals surface area contributed by atoms with Crippen LogP contribution in [0.1, 0.15) is 29.8 Å². The van der Waals surface area contributed by atoms with Crippen molar-refractivity contribution in [2.24, 2.45) is 0 Å². The molecule has 0 saturated carbocycles. The lowest BCUT2D eigenvalue weighted by Gasteiger charge is -2.11. The van der Waals surface area contributed by atoms with E-state index in [1.807, 2.05) is 13.0 Å². The summed E-state index contributed by atoms with van der Waals surface area (Å²) in [5, 5.41) is 2.81. The lowest BCUT2D eigenvalue weighted by molar-refractivity contribution is 0.0950. The fourth-order valence-electron chi connectivity index (χ4n) is 2.84. The van der Waals surface area contributed by atoms with Crippen LogP contribution in [0.4, 0.5) is 0 Å². The number of hydrogen-bond donors (Lipinski definition) is 2. The van der Waals surface area contributed by atoms with Gasteiger partial charge < -0.3 is 19.6 Å². The molecular weight excluding hydrogens is 348 g/mol. The number of benzene rings is 1. The summed E-state index contributed by atoms with van der Waals surface area (Å²) >= 11 is 0. The molecule has 0 aliphatic heterocycles. The zero-order valence-corrected chi connectivity index (χ0v) is 15.1. The van der Waals surface area contributed by atoms with E-state index < -0.39 is 11.1 Å². The molecule has 0 saturated heterocycles. The van der Waals surface area contributed by atoms with Gasteiger partial charge in [-0.1, -0.05) is 6.07 Å². The number of rotatable bonds is 6. The second-order valence-electron chi connectivity index (χ2n) is 5.82. The van der Waals surface area contributed by atoms with E-state index in [9.17, 15) is 14.4 Å². The highest BCUT2D eigenvalue weighted by atomic mass is 16.5. The fraction of sp³-hybridized carbons (Fsp3) is 0.263.